The van der Waals surface area contributed by atoms with E-state index in [-0.39, 0.29) is 24.2 Å². The molecule has 3 aromatic heterocycles. The maximum Gasteiger partial charge on any atom is 0.264 e. The van der Waals surface area contributed by atoms with Gasteiger partial charge in [-0.15, -0.1) is 0 Å². The maximum absolute atomic E-state index is 13.2. The van der Waals surface area contributed by atoms with Crippen LogP contribution in [0, 0.1) is 6.92 Å². The van der Waals surface area contributed by atoms with Gasteiger partial charge in [0.05, 0.1) is 16.0 Å². The molecule has 0 bridgehead atoms. The third-order valence-electron chi connectivity index (χ3n) is 5.17. The second-order valence-corrected chi connectivity index (χ2v) is 9.32. The van der Waals surface area contributed by atoms with Gasteiger partial charge in [0.2, 0.25) is 5.95 Å². The van der Waals surface area contributed by atoms with Gasteiger partial charge in [-0.25, -0.2) is 28.1 Å². The monoisotopic (exact) mass is 501 g/mol. The number of furan rings is 1. The lowest BCUT2D eigenvalue weighted by molar-refractivity contribution is 0.102. The third kappa shape index (κ3) is 5.08. The Morgan fingerprint density at radius 1 is 0.917 bits per heavy atom. The van der Waals surface area contributed by atoms with Crippen molar-refractivity contribution in [2.24, 2.45) is 0 Å². The Morgan fingerprint density at radius 2 is 1.64 bits per heavy atom. The van der Waals surface area contributed by atoms with E-state index in [1.807, 2.05) is 43.3 Å². The van der Waals surface area contributed by atoms with E-state index in [9.17, 15) is 13.2 Å². The number of aromatic nitrogens is 3. The fourth-order valence-corrected chi connectivity index (χ4v) is 4.47. The van der Waals surface area contributed by atoms with Crippen molar-refractivity contribution in [3.8, 4) is 11.5 Å². The van der Waals surface area contributed by atoms with Gasteiger partial charge in [0.25, 0.3) is 15.9 Å². The Hall–Kier alpha value is -4.57. The number of nitrogens with zero attached hydrogens (tertiary/aromatic N) is 3. The molecule has 10 heteroatoms. The zero-order valence-corrected chi connectivity index (χ0v) is 19.3. The normalized spacial score (nSPS) is 11.0. The van der Waals surface area contributed by atoms with E-state index in [1.165, 1.54) is 36.7 Å². The van der Waals surface area contributed by atoms with Crippen molar-refractivity contribution in [3.05, 3.63) is 96.5 Å². The molecule has 1 amide bonds. The predicted octanol–water partition coefficient (Wildman–Crippen LogP) is 5.28. The molecule has 0 unspecified atom stereocenters. The van der Waals surface area contributed by atoms with E-state index < -0.39 is 10.0 Å². The van der Waals surface area contributed by atoms with Crippen LogP contribution in [0.5, 0.6) is 0 Å². The van der Waals surface area contributed by atoms with Crippen molar-refractivity contribution in [2.45, 2.75) is 19.2 Å². The first-order valence-electron chi connectivity index (χ1n) is 10.6. The Morgan fingerprint density at radius 3 is 2.33 bits per heavy atom. The number of hydrogen-bond donors (Lipinski definition) is 2. The summed E-state index contributed by atoms with van der Waals surface area (Å²) in [5.74, 6) is 0.910. The number of hydrogen-bond acceptors (Lipinski definition) is 7. The van der Waals surface area contributed by atoms with Crippen LogP contribution in [0.2, 0.25) is 0 Å². The number of amides is 1. The van der Waals surface area contributed by atoms with Gasteiger partial charge in [-0.05, 0) is 61.5 Å². The summed E-state index contributed by atoms with van der Waals surface area (Å²) in [5, 5.41) is 3.51. The molecule has 3 heterocycles. The van der Waals surface area contributed by atoms with Crippen LogP contribution in [0.15, 0.2) is 94.5 Å². The average molecular weight is 502 g/mol. The number of sulfonamides is 1. The predicted molar refractivity (Wildman–Crippen MR) is 138 cm³/mol. The second-order valence-electron chi connectivity index (χ2n) is 7.64. The van der Waals surface area contributed by atoms with Gasteiger partial charge in [0, 0.05) is 23.5 Å². The lowest BCUT2D eigenvalue weighted by Gasteiger charge is -2.11. The van der Waals surface area contributed by atoms with E-state index in [4.69, 9.17) is 4.42 Å². The number of aryl methyl sites for hydroxylation is 1. The van der Waals surface area contributed by atoms with E-state index in [2.05, 4.69) is 25.0 Å². The number of anilines is 2. The first-order chi connectivity index (χ1) is 16.9. The summed E-state index contributed by atoms with van der Waals surface area (Å²) in [4.78, 5) is 25.6. The minimum absolute atomic E-state index is 0. The summed E-state index contributed by atoms with van der Waals surface area (Å²) in [7, 11) is -3.88. The van der Waals surface area contributed by atoms with Crippen molar-refractivity contribution >= 4 is 38.5 Å². The second kappa shape index (κ2) is 9.96. The summed E-state index contributed by atoms with van der Waals surface area (Å²) in [5.41, 5.74) is 2.04. The Labute approximate surface area is 208 Å². The number of pyridine rings is 1. The van der Waals surface area contributed by atoms with Gasteiger partial charge in [-0.3, -0.25) is 4.79 Å². The maximum atomic E-state index is 13.2. The molecule has 0 fully saturated rings. The topological polar surface area (TPSA) is 127 Å². The van der Waals surface area contributed by atoms with Crippen LogP contribution < -0.4 is 10.0 Å². The zero-order valence-electron chi connectivity index (χ0n) is 18.5. The molecule has 0 aliphatic rings. The number of carbonyl (C=O) groups excluding carboxylic acids is 1. The molecule has 2 aromatic carbocycles. The Kier molecular flexibility index (Phi) is 6.80. The number of rotatable bonds is 6. The van der Waals surface area contributed by atoms with Gasteiger partial charge in [0.1, 0.15) is 11.5 Å². The molecule has 0 radical (unpaired) electrons. The highest BCUT2D eigenvalue weighted by Gasteiger charge is 2.18. The van der Waals surface area contributed by atoms with Gasteiger partial charge in [0.15, 0.2) is 5.76 Å². The molecule has 5 aromatic rings. The molecular weight excluding hydrogens is 478 g/mol. The van der Waals surface area contributed by atoms with Crippen LogP contribution >= 0.6 is 0 Å². The number of benzene rings is 2. The van der Waals surface area contributed by atoms with Gasteiger partial charge < -0.3 is 9.73 Å². The molecule has 36 heavy (non-hydrogen) atoms. The molecule has 0 aliphatic carbocycles. The highest BCUT2D eigenvalue weighted by Crippen LogP contribution is 2.27. The summed E-state index contributed by atoms with van der Waals surface area (Å²) in [6, 6.07) is 20.0. The molecule has 2 N–H and O–H groups in total. The van der Waals surface area contributed by atoms with Crippen LogP contribution in [0.4, 0.5) is 11.6 Å². The van der Waals surface area contributed by atoms with Gasteiger partial charge in [-0.2, -0.15) is 0 Å². The molecule has 0 saturated carbocycles. The van der Waals surface area contributed by atoms with Crippen LogP contribution in [0.3, 0.4) is 0 Å². The van der Waals surface area contributed by atoms with Crippen LogP contribution in [-0.2, 0) is 10.0 Å². The number of carbonyl (C=O) groups is 1. The van der Waals surface area contributed by atoms with Crippen molar-refractivity contribution in [1.82, 2.24) is 15.0 Å². The Bertz CT molecular complexity index is 1630. The molecule has 0 saturated heterocycles. The summed E-state index contributed by atoms with van der Waals surface area (Å²) < 4.78 is 33.2. The fraction of sp³-hybridized carbons (Fsp3) is 0.0769. The Balaban J connectivity index is 0.00000304. The average Bonchev–Trinajstić information content (AvgIpc) is 3.30. The molecule has 0 atom stereocenters. The number of nitrogens with one attached hydrogen (secondary N) is 2. The first-order valence-corrected chi connectivity index (χ1v) is 12.1. The standard InChI is InChI=1S/C25H19N5O4S.CH4/c1-16-7-12-23(34-16)22-15-20(19-5-2-3-6-21(19)29-22)24(31)28-17-8-10-18(11-9-17)35(32,33)30-25-26-13-4-14-27-25;/h2-15H,1H3,(H,28,31)(H,26,27,30);1H4. The third-order valence-corrected chi connectivity index (χ3v) is 6.51. The van der Waals surface area contributed by atoms with Crippen molar-refractivity contribution in [2.75, 3.05) is 10.0 Å². The summed E-state index contributed by atoms with van der Waals surface area (Å²) in [6.07, 6.45) is 2.87. The largest absolute Gasteiger partial charge is 0.460 e. The smallest absolute Gasteiger partial charge is 0.264 e. The SMILES string of the molecule is C.Cc1ccc(-c2cc(C(=O)Nc3ccc(S(=O)(=O)Nc4ncccn4)cc3)c3ccccc3n2)o1. The quantitative estimate of drug-likeness (QED) is 0.324. The van der Waals surface area contributed by atoms with E-state index in [1.54, 1.807) is 12.1 Å². The van der Waals surface area contributed by atoms with Gasteiger partial charge in [-0.1, -0.05) is 25.6 Å². The summed E-state index contributed by atoms with van der Waals surface area (Å²) in [6.45, 7) is 1.84. The van der Waals surface area contributed by atoms with Crippen molar-refractivity contribution < 1.29 is 17.6 Å². The molecule has 182 valence electrons. The minimum atomic E-state index is -3.88. The zero-order chi connectivity index (χ0) is 24.4. The summed E-state index contributed by atoms with van der Waals surface area (Å²) >= 11 is 0. The highest BCUT2D eigenvalue weighted by molar-refractivity contribution is 7.92. The molecule has 5 rings (SSSR count). The number of fused-ring (bicyclic) bond motifs is 1. The lowest BCUT2D eigenvalue weighted by atomic mass is 10.1. The van der Waals surface area contributed by atoms with Gasteiger partial charge >= 0.3 is 0 Å². The van der Waals surface area contributed by atoms with E-state index in [0.29, 0.717) is 33.6 Å². The highest BCUT2D eigenvalue weighted by atomic mass is 32.2. The molecule has 0 aliphatic heterocycles. The van der Waals surface area contributed by atoms with Crippen molar-refractivity contribution in [1.29, 1.82) is 0 Å². The first kappa shape index (κ1) is 24.6. The van der Waals surface area contributed by atoms with E-state index in [0.717, 1.165) is 5.76 Å². The molecular formula is C26H23N5O4S. The van der Waals surface area contributed by atoms with E-state index >= 15 is 0 Å². The van der Waals surface area contributed by atoms with Crippen LogP contribution in [0.1, 0.15) is 23.5 Å². The number of para-hydroxylation sites is 1. The molecule has 0 spiro atoms. The lowest BCUT2D eigenvalue weighted by Crippen LogP contribution is -2.15. The minimum Gasteiger partial charge on any atom is -0.460 e. The fourth-order valence-electron chi connectivity index (χ4n) is 3.51. The van der Waals surface area contributed by atoms with Crippen LogP contribution in [0.25, 0.3) is 22.4 Å². The van der Waals surface area contributed by atoms with Crippen LogP contribution in [-0.4, -0.2) is 29.3 Å². The molecule has 9 nitrogen and oxygen atoms in total. The van der Waals surface area contributed by atoms with Crippen molar-refractivity contribution in [3.63, 3.8) is 0 Å².